The molecular formula is C66H72N4O10P2. The lowest BCUT2D eigenvalue weighted by molar-refractivity contribution is -0.118. The number of hydrogen-bond acceptors (Lipinski definition) is 12. The molecule has 11 rings (SSSR count). The highest BCUT2D eigenvalue weighted by Crippen LogP contribution is 2.51. The zero-order valence-corrected chi connectivity index (χ0v) is 49.2. The van der Waals surface area contributed by atoms with Gasteiger partial charge in [0.1, 0.15) is 28.8 Å². The Labute approximate surface area is 483 Å². The first-order valence-corrected chi connectivity index (χ1v) is 31.3. The molecular weight excluding hydrogens is 1070 g/mol. The molecule has 0 radical (unpaired) electrons. The molecule has 14 nitrogen and oxygen atoms in total. The molecule has 2 amide bonds. The van der Waals surface area contributed by atoms with Crippen LogP contribution in [0.25, 0.3) is 5.57 Å². The van der Waals surface area contributed by atoms with E-state index in [1.54, 1.807) is 0 Å². The van der Waals surface area contributed by atoms with E-state index < -0.39 is 17.2 Å². The van der Waals surface area contributed by atoms with Crippen LogP contribution in [0.5, 0.6) is 23.0 Å². The molecule has 2 N–H and O–H groups in total. The first-order valence-electron chi connectivity index (χ1n) is 29.1. The molecule has 0 aromatic heterocycles. The molecule has 0 spiro atoms. The lowest BCUT2D eigenvalue weighted by atomic mass is 9.73. The van der Waals surface area contributed by atoms with Gasteiger partial charge in [-0.15, -0.1) is 0 Å². The van der Waals surface area contributed by atoms with Crippen LogP contribution < -0.4 is 28.3 Å². The summed E-state index contributed by atoms with van der Waals surface area (Å²) in [5.41, 5.74) is 12.8. The molecule has 2 aliphatic carbocycles. The van der Waals surface area contributed by atoms with Crippen molar-refractivity contribution in [1.82, 2.24) is 4.90 Å². The van der Waals surface area contributed by atoms with Crippen LogP contribution in [0.3, 0.4) is 0 Å². The van der Waals surface area contributed by atoms with Crippen LogP contribution in [0.15, 0.2) is 148 Å². The number of carbonyl (C=O) groups excluding carboxylic acids is 3. The molecule has 1 saturated heterocycles. The van der Waals surface area contributed by atoms with Crippen molar-refractivity contribution in [3.8, 4) is 23.0 Å². The Morgan fingerprint density at radius 3 is 1.85 bits per heavy atom. The minimum absolute atomic E-state index is 0.139. The minimum atomic E-state index is -1.80. The Morgan fingerprint density at radius 2 is 1.22 bits per heavy atom. The lowest BCUT2D eigenvalue weighted by Crippen LogP contribution is -2.38. The number of para-hydroxylation sites is 3. The maximum atomic E-state index is 15.1. The number of piperidine rings is 1. The Bertz CT molecular complexity index is 3390. The molecule has 1 unspecified atom stereocenters. The molecule has 426 valence electrons. The van der Waals surface area contributed by atoms with Crippen molar-refractivity contribution in [3.63, 3.8) is 0 Å². The Kier molecular flexibility index (Phi) is 18.0. The molecule has 6 aliphatic rings. The second-order valence-corrected chi connectivity index (χ2v) is 24.1. The second-order valence-electron chi connectivity index (χ2n) is 21.9. The fourth-order valence-electron chi connectivity index (χ4n) is 11.8. The van der Waals surface area contributed by atoms with Gasteiger partial charge in [0.25, 0.3) is 0 Å². The van der Waals surface area contributed by atoms with E-state index >= 15 is 4.79 Å². The van der Waals surface area contributed by atoms with Crippen molar-refractivity contribution in [1.29, 1.82) is 0 Å². The third-order valence-electron chi connectivity index (χ3n) is 15.9. The Balaban J connectivity index is 0.814. The number of anilines is 2. The summed E-state index contributed by atoms with van der Waals surface area (Å²) in [6.45, 7) is 12.2. The number of aliphatic imine (C=N–C) groups is 1. The van der Waals surface area contributed by atoms with Crippen LogP contribution >= 0.6 is 17.2 Å². The highest BCUT2D eigenvalue weighted by Gasteiger charge is 2.44. The van der Waals surface area contributed by atoms with Gasteiger partial charge in [0.2, 0.25) is 17.6 Å². The number of nitrogens with zero attached hydrogens (tertiary/aromatic N) is 3. The highest BCUT2D eigenvalue weighted by molar-refractivity contribution is 7.42. The number of aliphatic hydroxyl groups is 1. The van der Waals surface area contributed by atoms with E-state index in [2.05, 4.69) is 15.1 Å². The van der Waals surface area contributed by atoms with Gasteiger partial charge < -0.3 is 38.3 Å². The van der Waals surface area contributed by atoms with E-state index in [1.807, 2.05) is 137 Å². The number of Topliss-reactive ketones (excluding diaryl/α,β-unsaturated/α-hetero) is 1. The number of aryl methyl sites for hydroxylation is 5. The molecule has 1 atom stereocenters. The SMILES string of the molecule is Cc1cccc(OP(OCCCCC(=O)Nc2c(C3=C(O)/C(=C4/C=C5CCCN6CCCC(=C56)C4=NC(=O)CCCCOP(Oc4ccccc4C)Oc4ccccc4C)C3=O)cc3c4c2CCCN4CCC3)Oc2ccccc2C)c1. The Morgan fingerprint density at radius 1 is 0.634 bits per heavy atom. The second kappa shape index (κ2) is 26.0. The Hall–Kier alpha value is -7.08. The number of amides is 2. The van der Waals surface area contributed by atoms with E-state index in [0.717, 1.165) is 127 Å². The largest absolute Gasteiger partial charge is 0.506 e. The smallest absolute Gasteiger partial charge is 0.463 e. The fraction of sp³-hybridized carbons (Fsp3) is 0.364. The summed E-state index contributed by atoms with van der Waals surface area (Å²) >= 11 is 0. The van der Waals surface area contributed by atoms with E-state index in [9.17, 15) is 14.7 Å². The van der Waals surface area contributed by atoms with E-state index in [1.165, 1.54) is 0 Å². The molecule has 5 aromatic carbocycles. The van der Waals surface area contributed by atoms with Crippen molar-refractivity contribution in [2.75, 3.05) is 49.6 Å². The number of nitrogens with one attached hydrogen (secondary N) is 1. The molecule has 1 fully saturated rings. The van der Waals surface area contributed by atoms with Crippen molar-refractivity contribution in [2.24, 2.45) is 4.99 Å². The monoisotopic (exact) mass is 1140 g/mol. The van der Waals surface area contributed by atoms with Crippen molar-refractivity contribution >= 4 is 57.5 Å². The maximum absolute atomic E-state index is 15.1. The van der Waals surface area contributed by atoms with Crippen LogP contribution in [0.2, 0.25) is 0 Å². The number of rotatable bonds is 22. The van der Waals surface area contributed by atoms with Gasteiger partial charge >= 0.3 is 17.2 Å². The number of carbonyl (C=O) groups is 3. The van der Waals surface area contributed by atoms with Crippen molar-refractivity contribution in [3.05, 3.63) is 182 Å². The maximum Gasteiger partial charge on any atom is 0.463 e. The molecule has 4 aliphatic heterocycles. The standard InChI is InChI=1S/C66H72N4O10P2/c1-43-20-15-26-49(40-43)77-81(78-54-29-8-5-21-44(54)2)75-38-13-11-32-57(71)67-61-50-27-18-36-69-34-16-24-47(63(50)69)41-52(61)59-65(73)60(66(59)74)53-42-48-25-17-35-70-37-19-28-51(64(48)70)62(53)68-58(72)33-12-14-39-76-82(79-55-30-9-6-22-45(55)3)80-56-31-10-7-23-46(56)4/h5-10,15,20-23,26,29-31,40-42,73H,11-14,16-19,24-25,27-28,32-39H2,1-4H3,(H,67,71)/b60-53+,68-62?. The van der Waals surface area contributed by atoms with E-state index in [-0.39, 0.29) is 47.3 Å². The summed E-state index contributed by atoms with van der Waals surface area (Å²) in [5, 5.41) is 15.7. The summed E-state index contributed by atoms with van der Waals surface area (Å²) in [5.74, 6) is 1.73. The molecule has 0 saturated carbocycles. The molecule has 0 bridgehead atoms. The predicted molar refractivity (Wildman–Crippen MR) is 324 cm³/mol. The van der Waals surface area contributed by atoms with Gasteiger partial charge in [-0.05, 0) is 186 Å². The zero-order valence-electron chi connectivity index (χ0n) is 47.4. The number of aliphatic hydroxyl groups excluding tert-OH is 1. The third-order valence-corrected chi connectivity index (χ3v) is 18.1. The van der Waals surface area contributed by atoms with Crippen LogP contribution in [-0.2, 0) is 36.3 Å². The molecule has 82 heavy (non-hydrogen) atoms. The van der Waals surface area contributed by atoms with E-state index in [0.29, 0.717) is 90.9 Å². The lowest BCUT2D eigenvalue weighted by Gasteiger charge is -2.42. The summed E-state index contributed by atoms with van der Waals surface area (Å²) < 4.78 is 37.5. The molecule has 16 heteroatoms. The average Bonchev–Trinajstić information content (AvgIpc) is 1.28. The normalized spacial score (nSPS) is 18.2. The van der Waals surface area contributed by atoms with Crippen LogP contribution in [0.4, 0.5) is 11.4 Å². The van der Waals surface area contributed by atoms with Gasteiger partial charge in [-0.25, -0.2) is 4.99 Å². The first kappa shape index (κ1) is 56.8. The number of ketones is 1. The van der Waals surface area contributed by atoms with Crippen LogP contribution in [0.1, 0.15) is 116 Å². The van der Waals surface area contributed by atoms with Gasteiger partial charge in [-0.3, -0.25) is 23.4 Å². The van der Waals surface area contributed by atoms with Gasteiger partial charge in [0.15, 0.2) is 0 Å². The number of allylic oxidation sites excluding steroid dienone is 6. The van der Waals surface area contributed by atoms with Gasteiger partial charge in [0.05, 0.1) is 35.8 Å². The summed E-state index contributed by atoms with van der Waals surface area (Å²) in [7, 11) is -3.60. The minimum Gasteiger partial charge on any atom is -0.506 e. The first-order chi connectivity index (χ1) is 40.0. The van der Waals surface area contributed by atoms with Gasteiger partial charge in [-0.2, -0.15) is 0 Å². The third kappa shape index (κ3) is 12.8. The fourth-order valence-corrected chi connectivity index (χ4v) is 14.0. The topological polar surface area (TPSA) is 158 Å². The van der Waals surface area contributed by atoms with Crippen LogP contribution in [-0.4, -0.2) is 72.7 Å². The quantitative estimate of drug-likeness (QED) is 0.0384. The summed E-state index contributed by atoms with van der Waals surface area (Å²) in [6.07, 6.45) is 11.3. The van der Waals surface area contributed by atoms with Crippen molar-refractivity contribution in [2.45, 2.75) is 118 Å². The summed E-state index contributed by atoms with van der Waals surface area (Å²) in [4.78, 5) is 53.0. The molecule has 5 aromatic rings. The van der Waals surface area contributed by atoms with Gasteiger partial charge in [-0.1, -0.05) is 66.7 Å². The molecule has 4 heterocycles. The summed E-state index contributed by atoms with van der Waals surface area (Å²) in [6, 6.07) is 33.0. The van der Waals surface area contributed by atoms with E-state index in [4.69, 9.17) is 32.1 Å². The number of hydrogen-bond donors (Lipinski definition) is 2. The predicted octanol–water partition coefficient (Wildman–Crippen LogP) is 14.9. The van der Waals surface area contributed by atoms with Crippen molar-refractivity contribution < 1.29 is 46.6 Å². The average molecular weight is 1140 g/mol. The number of benzene rings is 5. The zero-order chi connectivity index (χ0) is 56.7. The van der Waals surface area contributed by atoms with Crippen LogP contribution in [0, 0.1) is 27.7 Å². The van der Waals surface area contributed by atoms with Gasteiger partial charge in [0, 0.05) is 67.1 Å². The number of unbranched alkanes of at least 4 members (excludes halogenated alkanes) is 2. The highest BCUT2D eigenvalue weighted by atomic mass is 31.2.